The third-order valence-electron chi connectivity index (χ3n) is 3.17. The molecule has 0 bridgehead atoms. The topological polar surface area (TPSA) is 57.2 Å². The minimum absolute atomic E-state index is 0. The molecule has 0 unspecified atom stereocenters. The number of benzene rings is 2. The minimum Gasteiger partial charge on any atom is -0.744 e. The van der Waals surface area contributed by atoms with Crippen molar-refractivity contribution in [2.24, 2.45) is 0 Å². The molecule has 0 radical (unpaired) electrons. The Kier molecular flexibility index (Phi) is 5.59. The van der Waals surface area contributed by atoms with Gasteiger partial charge in [-0.1, -0.05) is 38.1 Å². The van der Waals surface area contributed by atoms with E-state index in [1.54, 1.807) is 6.07 Å². The van der Waals surface area contributed by atoms with Crippen LogP contribution >= 0.6 is 0 Å². The molecule has 96 valence electrons. The number of hydrogen-bond acceptors (Lipinski definition) is 3. The standard InChI is InChI=1S/C14H16O3S.Na/c1-3-10-9-11-7-5-6-8-13(11)12(4-2)14(10)18(15,16)17;/h5-9H,3-4H2,1-2H3,(H,15,16,17);/q;+1/p-1. The van der Waals surface area contributed by atoms with Gasteiger partial charge in [0.15, 0.2) is 0 Å². The summed E-state index contributed by atoms with van der Waals surface area (Å²) in [6.45, 7) is 3.73. The summed E-state index contributed by atoms with van der Waals surface area (Å²) in [6.07, 6.45) is 1.07. The maximum absolute atomic E-state index is 11.5. The van der Waals surface area contributed by atoms with Crippen LogP contribution in [0.3, 0.4) is 0 Å². The summed E-state index contributed by atoms with van der Waals surface area (Å²) < 4.78 is 34.4. The van der Waals surface area contributed by atoms with E-state index in [-0.39, 0.29) is 34.5 Å². The molecule has 2 aromatic carbocycles. The Hall–Kier alpha value is -0.390. The fourth-order valence-electron chi connectivity index (χ4n) is 2.39. The van der Waals surface area contributed by atoms with Crippen LogP contribution in [0.2, 0.25) is 0 Å². The van der Waals surface area contributed by atoms with Gasteiger partial charge in [-0.2, -0.15) is 0 Å². The van der Waals surface area contributed by atoms with Crippen molar-refractivity contribution in [3.63, 3.8) is 0 Å². The second-order valence-electron chi connectivity index (χ2n) is 4.23. The van der Waals surface area contributed by atoms with Gasteiger partial charge < -0.3 is 4.55 Å². The monoisotopic (exact) mass is 286 g/mol. The van der Waals surface area contributed by atoms with E-state index in [1.165, 1.54) is 0 Å². The molecule has 2 rings (SSSR count). The van der Waals surface area contributed by atoms with Gasteiger partial charge in [0.1, 0.15) is 10.1 Å². The zero-order valence-corrected chi connectivity index (χ0v) is 14.3. The molecule has 0 aliphatic rings. The van der Waals surface area contributed by atoms with E-state index < -0.39 is 10.1 Å². The first-order chi connectivity index (χ1) is 8.49. The van der Waals surface area contributed by atoms with Gasteiger partial charge in [-0.25, -0.2) is 8.42 Å². The van der Waals surface area contributed by atoms with Crippen molar-refractivity contribution in [1.82, 2.24) is 0 Å². The molecule has 0 fully saturated rings. The molecule has 0 spiro atoms. The van der Waals surface area contributed by atoms with Crippen LogP contribution < -0.4 is 29.6 Å². The smallest absolute Gasteiger partial charge is 0.744 e. The van der Waals surface area contributed by atoms with E-state index in [0.717, 1.165) is 10.8 Å². The maximum Gasteiger partial charge on any atom is 1.00 e. The van der Waals surface area contributed by atoms with Crippen LogP contribution in [0.15, 0.2) is 35.2 Å². The van der Waals surface area contributed by atoms with Crippen molar-refractivity contribution in [2.75, 3.05) is 0 Å². The molecule has 19 heavy (non-hydrogen) atoms. The van der Waals surface area contributed by atoms with E-state index in [1.807, 2.05) is 38.1 Å². The number of hydrogen-bond donors (Lipinski definition) is 0. The summed E-state index contributed by atoms with van der Waals surface area (Å²) in [7, 11) is -4.43. The molecule has 0 amide bonds. The summed E-state index contributed by atoms with van der Waals surface area (Å²) in [6, 6.07) is 9.37. The van der Waals surface area contributed by atoms with E-state index in [4.69, 9.17) is 0 Å². The van der Waals surface area contributed by atoms with E-state index in [9.17, 15) is 13.0 Å². The van der Waals surface area contributed by atoms with Crippen molar-refractivity contribution in [1.29, 1.82) is 0 Å². The largest absolute Gasteiger partial charge is 1.00 e. The third-order valence-corrected chi connectivity index (χ3v) is 4.17. The molecule has 0 heterocycles. The normalized spacial score (nSPS) is 11.3. The molecule has 2 aromatic rings. The molecular weight excluding hydrogens is 271 g/mol. The summed E-state index contributed by atoms with van der Waals surface area (Å²) in [5.41, 5.74) is 1.25. The zero-order valence-electron chi connectivity index (χ0n) is 11.4. The SMILES string of the molecule is CCc1cc2ccccc2c(CC)c1S(=O)(=O)[O-].[Na+]. The predicted octanol–water partition coefficient (Wildman–Crippen LogP) is -0.127. The molecule has 0 aliphatic heterocycles. The van der Waals surface area contributed by atoms with Crippen LogP contribution in [-0.2, 0) is 23.0 Å². The van der Waals surface area contributed by atoms with Gasteiger partial charge in [0.2, 0.25) is 0 Å². The van der Waals surface area contributed by atoms with Gasteiger partial charge in [0, 0.05) is 0 Å². The summed E-state index contributed by atoms with van der Waals surface area (Å²) in [5, 5.41) is 1.84. The fourth-order valence-corrected chi connectivity index (χ4v) is 3.47. The first kappa shape index (κ1) is 16.7. The van der Waals surface area contributed by atoms with Gasteiger partial charge in [-0.05, 0) is 40.8 Å². The first-order valence-electron chi connectivity index (χ1n) is 5.98. The van der Waals surface area contributed by atoms with Crippen LogP contribution in [0.4, 0.5) is 0 Å². The molecule has 0 aromatic heterocycles. The summed E-state index contributed by atoms with van der Waals surface area (Å²) in [5.74, 6) is 0. The van der Waals surface area contributed by atoms with Crippen LogP contribution in [0.5, 0.6) is 0 Å². The minimum atomic E-state index is -4.43. The van der Waals surface area contributed by atoms with E-state index in [2.05, 4.69) is 0 Å². The Balaban J connectivity index is 0.00000180. The fraction of sp³-hybridized carbons (Fsp3) is 0.286. The second kappa shape index (κ2) is 6.37. The molecule has 0 saturated heterocycles. The van der Waals surface area contributed by atoms with Crippen molar-refractivity contribution >= 4 is 20.9 Å². The zero-order chi connectivity index (χ0) is 13.3. The van der Waals surface area contributed by atoms with E-state index >= 15 is 0 Å². The molecule has 3 nitrogen and oxygen atoms in total. The molecule has 5 heteroatoms. The Morgan fingerprint density at radius 3 is 2.26 bits per heavy atom. The van der Waals surface area contributed by atoms with Crippen molar-refractivity contribution < 1.29 is 42.5 Å². The van der Waals surface area contributed by atoms with Gasteiger partial charge in [-0.3, -0.25) is 0 Å². The molecule has 0 saturated carbocycles. The predicted molar refractivity (Wildman–Crippen MR) is 70.7 cm³/mol. The van der Waals surface area contributed by atoms with Gasteiger partial charge in [0.05, 0.1) is 4.90 Å². The molecular formula is C14H15NaO3S. The molecule has 0 N–H and O–H groups in total. The van der Waals surface area contributed by atoms with Crippen LogP contribution in [0.25, 0.3) is 10.8 Å². The third kappa shape index (κ3) is 3.20. The Morgan fingerprint density at radius 1 is 1.11 bits per heavy atom. The van der Waals surface area contributed by atoms with Crippen LogP contribution in [0, 0.1) is 0 Å². The van der Waals surface area contributed by atoms with Crippen LogP contribution in [-0.4, -0.2) is 13.0 Å². The number of rotatable bonds is 3. The maximum atomic E-state index is 11.5. The Morgan fingerprint density at radius 2 is 1.74 bits per heavy atom. The van der Waals surface area contributed by atoms with Crippen LogP contribution in [0.1, 0.15) is 25.0 Å². The summed E-state index contributed by atoms with van der Waals surface area (Å²) in [4.78, 5) is -0.0220. The van der Waals surface area contributed by atoms with Gasteiger partial charge in [-0.15, -0.1) is 0 Å². The van der Waals surface area contributed by atoms with Crippen molar-refractivity contribution in [3.05, 3.63) is 41.5 Å². The first-order valence-corrected chi connectivity index (χ1v) is 7.39. The quantitative estimate of drug-likeness (QED) is 0.583. The van der Waals surface area contributed by atoms with Crippen molar-refractivity contribution in [3.8, 4) is 0 Å². The second-order valence-corrected chi connectivity index (χ2v) is 5.54. The molecule has 0 aliphatic carbocycles. The van der Waals surface area contributed by atoms with E-state index in [0.29, 0.717) is 24.0 Å². The summed E-state index contributed by atoms with van der Waals surface area (Å²) >= 11 is 0. The van der Waals surface area contributed by atoms with Gasteiger partial charge in [0.25, 0.3) is 0 Å². The Bertz CT molecular complexity index is 693. The van der Waals surface area contributed by atoms with Gasteiger partial charge >= 0.3 is 29.6 Å². The molecule has 0 atom stereocenters. The number of fused-ring (bicyclic) bond motifs is 1. The average molecular weight is 286 g/mol. The van der Waals surface area contributed by atoms with Crippen molar-refractivity contribution in [2.45, 2.75) is 31.6 Å². The average Bonchev–Trinajstić information content (AvgIpc) is 2.35. The Labute approximate surface area is 136 Å². The number of aryl methyl sites for hydroxylation is 2.